The molecule has 0 unspecified atom stereocenters. The highest BCUT2D eigenvalue weighted by Crippen LogP contribution is 2.28. The van der Waals surface area contributed by atoms with Crippen LogP contribution in [0.2, 0.25) is 0 Å². The Labute approximate surface area is 84.7 Å². The van der Waals surface area contributed by atoms with Crippen molar-refractivity contribution in [2.75, 3.05) is 6.61 Å². The van der Waals surface area contributed by atoms with Gasteiger partial charge in [-0.2, -0.15) is 0 Å². The molecule has 0 saturated carbocycles. The van der Waals surface area contributed by atoms with Gasteiger partial charge >= 0.3 is 0 Å². The molecule has 1 aromatic rings. The summed E-state index contributed by atoms with van der Waals surface area (Å²) in [5, 5.41) is 2.19. The van der Waals surface area contributed by atoms with Crippen molar-refractivity contribution in [3.05, 3.63) is 21.9 Å². The SMILES string of the molecule is CCOCc1csc(C(C)(C)C)c1. The Balaban J connectivity index is 2.64. The molecule has 0 spiro atoms. The molecule has 0 saturated heterocycles. The van der Waals surface area contributed by atoms with Crippen molar-refractivity contribution < 1.29 is 4.74 Å². The molecule has 1 aromatic heterocycles. The lowest BCUT2D eigenvalue weighted by atomic mass is 9.94. The fourth-order valence-corrected chi connectivity index (χ4v) is 2.05. The van der Waals surface area contributed by atoms with Gasteiger partial charge in [0.1, 0.15) is 0 Å². The van der Waals surface area contributed by atoms with E-state index in [1.54, 1.807) is 0 Å². The van der Waals surface area contributed by atoms with Crippen molar-refractivity contribution in [3.8, 4) is 0 Å². The van der Waals surface area contributed by atoms with Gasteiger partial charge in [0.05, 0.1) is 6.61 Å². The van der Waals surface area contributed by atoms with Crippen LogP contribution in [-0.2, 0) is 16.8 Å². The summed E-state index contributed by atoms with van der Waals surface area (Å²) in [6.45, 7) is 10.3. The first-order chi connectivity index (χ1) is 6.04. The zero-order valence-electron chi connectivity index (χ0n) is 8.89. The predicted molar refractivity (Wildman–Crippen MR) is 58.3 cm³/mol. The van der Waals surface area contributed by atoms with Crippen LogP contribution in [0.3, 0.4) is 0 Å². The van der Waals surface area contributed by atoms with Crippen molar-refractivity contribution in [1.29, 1.82) is 0 Å². The summed E-state index contributed by atoms with van der Waals surface area (Å²) in [7, 11) is 0. The maximum Gasteiger partial charge on any atom is 0.0724 e. The molecule has 0 fully saturated rings. The zero-order valence-corrected chi connectivity index (χ0v) is 9.70. The first kappa shape index (κ1) is 10.7. The van der Waals surface area contributed by atoms with Gasteiger partial charge in [-0.05, 0) is 29.3 Å². The second-order valence-corrected chi connectivity index (χ2v) is 5.12. The summed E-state index contributed by atoms with van der Waals surface area (Å²) < 4.78 is 5.35. The molecular weight excluding hydrogens is 180 g/mol. The average Bonchev–Trinajstić information content (AvgIpc) is 2.47. The Hall–Kier alpha value is -0.340. The third-order valence-electron chi connectivity index (χ3n) is 1.87. The van der Waals surface area contributed by atoms with Gasteiger partial charge < -0.3 is 4.74 Å². The van der Waals surface area contributed by atoms with E-state index in [0.29, 0.717) is 0 Å². The summed E-state index contributed by atoms with van der Waals surface area (Å²) in [5.41, 5.74) is 1.58. The second kappa shape index (κ2) is 4.25. The van der Waals surface area contributed by atoms with Gasteiger partial charge in [0.15, 0.2) is 0 Å². The molecule has 13 heavy (non-hydrogen) atoms. The molecule has 1 nitrogen and oxygen atoms in total. The molecular formula is C11H18OS. The van der Waals surface area contributed by atoms with Gasteiger partial charge in [-0.3, -0.25) is 0 Å². The lowest BCUT2D eigenvalue weighted by molar-refractivity contribution is 0.134. The molecule has 0 aliphatic rings. The summed E-state index contributed by atoms with van der Waals surface area (Å²) in [4.78, 5) is 1.43. The van der Waals surface area contributed by atoms with Crippen LogP contribution in [-0.4, -0.2) is 6.61 Å². The molecule has 0 aliphatic carbocycles. The highest BCUT2D eigenvalue weighted by molar-refractivity contribution is 7.10. The highest BCUT2D eigenvalue weighted by atomic mass is 32.1. The minimum Gasteiger partial charge on any atom is -0.377 e. The monoisotopic (exact) mass is 198 g/mol. The van der Waals surface area contributed by atoms with Gasteiger partial charge in [-0.25, -0.2) is 0 Å². The Kier molecular flexibility index (Phi) is 3.51. The van der Waals surface area contributed by atoms with Crippen LogP contribution in [0.15, 0.2) is 11.4 Å². The third kappa shape index (κ3) is 3.12. The molecule has 0 N–H and O–H groups in total. The van der Waals surface area contributed by atoms with E-state index < -0.39 is 0 Å². The minimum absolute atomic E-state index is 0.273. The molecule has 1 heterocycles. The summed E-state index contributed by atoms with van der Waals surface area (Å²) in [6, 6.07) is 2.25. The Bertz CT molecular complexity index is 257. The van der Waals surface area contributed by atoms with E-state index >= 15 is 0 Å². The van der Waals surface area contributed by atoms with E-state index in [1.165, 1.54) is 10.4 Å². The van der Waals surface area contributed by atoms with Gasteiger partial charge in [-0.15, -0.1) is 11.3 Å². The van der Waals surface area contributed by atoms with Crippen molar-refractivity contribution in [2.45, 2.75) is 39.7 Å². The highest BCUT2D eigenvalue weighted by Gasteiger charge is 2.15. The van der Waals surface area contributed by atoms with Gasteiger partial charge in [0, 0.05) is 11.5 Å². The molecule has 0 aliphatic heterocycles. The van der Waals surface area contributed by atoms with E-state index in [-0.39, 0.29) is 5.41 Å². The van der Waals surface area contributed by atoms with Crippen molar-refractivity contribution in [3.63, 3.8) is 0 Å². The number of ether oxygens (including phenoxy) is 1. The van der Waals surface area contributed by atoms with Crippen LogP contribution < -0.4 is 0 Å². The lowest BCUT2D eigenvalue weighted by Crippen LogP contribution is -2.08. The third-order valence-corrected chi connectivity index (χ3v) is 3.27. The zero-order chi connectivity index (χ0) is 9.90. The Morgan fingerprint density at radius 1 is 1.38 bits per heavy atom. The van der Waals surface area contributed by atoms with Crippen LogP contribution in [0, 0.1) is 0 Å². The van der Waals surface area contributed by atoms with E-state index in [1.807, 2.05) is 18.3 Å². The second-order valence-electron chi connectivity index (χ2n) is 4.21. The van der Waals surface area contributed by atoms with Crippen LogP contribution in [0.5, 0.6) is 0 Å². The summed E-state index contributed by atoms with van der Waals surface area (Å²) in [5.74, 6) is 0. The first-order valence-corrected chi connectivity index (χ1v) is 5.57. The molecule has 0 amide bonds. The molecule has 0 atom stereocenters. The smallest absolute Gasteiger partial charge is 0.0724 e. The van der Waals surface area contributed by atoms with E-state index in [9.17, 15) is 0 Å². The maximum atomic E-state index is 5.35. The Morgan fingerprint density at radius 2 is 2.08 bits per heavy atom. The number of hydrogen-bond acceptors (Lipinski definition) is 2. The molecule has 74 valence electrons. The number of thiophene rings is 1. The largest absolute Gasteiger partial charge is 0.377 e. The first-order valence-electron chi connectivity index (χ1n) is 4.69. The molecule has 2 heteroatoms. The van der Waals surface area contributed by atoms with Crippen molar-refractivity contribution in [2.24, 2.45) is 0 Å². The Morgan fingerprint density at radius 3 is 2.54 bits per heavy atom. The molecule has 0 bridgehead atoms. The van der Waals surface area contributed by atoms with Crippen molar-refractivity contribution >= 4 is 11.3 Å². The van der Waals surface area contributed by atoms with Crippen LogP contribution >= 0.6 is 11.3 Å². The molecule has 0 aromatic carbocycles. The van der Waals surface area contributed by atoms with Gasteiger partial charge in [0.25, 0.3) is 0 Å². The van der Waals surface area contributed by atoms with Gasteiger partial charge in [-0.1, -0.05) is 20.8 Å². The van der Waals surface area contributed by atoms with E-state index in [4.69, 9.17) is 4.74 Å². The fraction of sp³-hybridized carbons (Fsp3) is 0.636. The average molecular weight is 198 g/mol. The quantitative estimate of drug-likeness (QED) is 0.721. The normalized spacial score (nSPS) is 12.0. The van der Waals surface area contributed by atoms with Gasteiger partial charge in [0.2, 0.25) is 0 Å². The molecule has 1 rings (SSSR count). The standard InChI is InChI=1S/C11H18OS/c1-5-12-7-9-6-10(13-8-9)11(2,3)4/h6,8H,5,7H2,1-4H3. The number of hydrogen-bond donors (Lipinski definition) is 0. The topological polar surface area (TPSA) is 9.23 Å². The molecule has 0 radical (unpaired) electrons. The maximum absolute atomic E-state index is 5.35. The fourth-order valence-electron chi connectivity index (χ4n) is 1.06. The predicted octanol–water partition coefficient (Wildman–Crippen LogP) is 3.58. The van der Waals surface area contributed by atoms with Crippen LogP contribution in [0.1, 0.15) is 38.1 Å². The van der Waals surface area contributed by atoms with Crippen LogP contribution in [0.4, 0.5) is 0 Å². The van der Waals surface area contributed by atoms with Crippen LogP contribution in [0.25, 0.3) is 0 Å². The van der Waals surface area contributed by atoms with E-state index in [2.05, 4.69) is 32.2 Å². The minimum atomic E-state index is 0.273. The lowest BCUT2D eigenvalue weighted by Gasteiger charge is -2.15. The summed E-state index contributed by atoms with van der Waals surface area (Å²) >= 11 is 1.83. The summed E-state index contributed by atoms with van der Waals surface area (Å²) in [6.07, 6.45) is 0. The van der Waals surface area contributed by atoms with Crippen molar-refractivity contribution in [1.82, 2.24) is 0 Å². The number of rotatable bonds is 3. The van der Waals surface area contributed by atoms with E-state index in [0.717, 1.165) is 13.2 Å².